The molecule has 1 aliphatic heterocycles. The normalized spacial score (nSPS) is 22.6. The molecule has 7 heteroatoms. The number of carbonyl (C=O) groups is 2. The van der Waals surface area contributed by atoms with E-state index in [1.807, 2.05) is 6.07 Å². The van der Waals surface area contributed by atoms with E-state index in [9.17, 15) is 14.7 Å². The van der Waals surface area contributed by atoms with Gasteiger partial charge in [0.25, 0.3) is 0 Å². The number of β-amino-alcohol motifs (C(OH)–C–C–N with tert-alkyl or cyclic N) is 1. The maximum atomic E-state index is 12.1. The van der Waals surface area contributed by atoms with Gasteiger partial charge in [-0.1, -0.05) is 0 Å². The fourth-order valence-electron chi connectivity index (χ4n) is 2.01. The van der Waals surface area contributed by atoms with Gasteiger partial charge in [-0.3, -0.25) is 0 Å². The minimum atomic E-state index is -1.11. The molecule has 1 heterocycles. The van der Waals surface area contributed by atoms with Crippen molar-refractivity contribution >= 4 is 12.0 Å². The largest absolute Gasteiger partial charge is 0.480 e. The van der Waals surface area contributed by atoms with Gasteiger partial charge >= 0.3 is 12.0 Å². The Morgan fingerprint density at radius 2 is 2.22 bits per heavy atom. The number of aliphatic carboxylic acids is 1. The van der Waals surface area contributed by atoms with Crippen LogP contribution in [0.5, 0.6) is 0 Å². The molecule has 2 atom stereocenters. The van der Waals surface area contributed by atoms with E-state index in [0.29, 0.717) is 6.54 Å². The number of nitriles is 1. The Labute approximate surface area is 105 Å². The summed E-state index contributed by atoms with van der Waals surface area (Å²) in [5.41, 5.74) is 0. The lowest BCUT2D eigenvalue weighted by atomic mass is 10.2. The average molecular weight is 255 g/mol. The van der Waals surface area contributed by atoms with E-state index in [0.717, 1.165) is 4.90 Å². The number of likely N-dealkylation sites (tertiary alicyclic amines) is 1. The number of nitrogens with zero attached hydrogens (tertiary/aromatic N) is 3. The number of carboxylic acid groups (broad SMARTS) is 1. The van der Waals surface area contributed by atoms with Crippen LogP contribution in [0.3, 0.4) is 0 Å². The highest BCUT2D eigenvalue weighted by molar-refractivity contribution is 5.83. The van der Waals surface area contributed by atoms with Crippen LogP contribution < -0.4 is 0 Å². The number of aliphatic hydroxyl groups is 1. The highest BCUT2D eigenvalue weighted by Crippen LogP contribution is 2.20. The first-order valence-electron chi connectivity index (χ1n) is 5.84. The summed E-state index contributed by atoms with van der Waals surface area (Å²) >= 11 is 0. The van der Waals surface area contributed by atoms with Gasteiger partial charge in [-0.05, 0) is 6.92 Å². The summed E-state index contributed by atoms with van der Waals surface area (Å²) < 4.78 is 0. The second-order valence-electron chi connectivity index (χ2n) is 4.17. The molecule has 0 saturated carbocycles. The maximum absolute atomic E-state index is 12.1. The summed E-state index contributed by atoms with van der Waals surface area (Å²) in [6.07, 6.45) is -0.547. The average Bonchev–Trinajstić information content (AvgIpc) is 2.72. The fourth-order valence-corrected chi connectivity index (χ4v) is 2.01. The van der Waals surface area contributed by atoms with Crippen LogP contribution in [-0.4, -0.2) is 63.8 Å². The van der Waals surface area contributed by atoms with Crippen molar-refractivity contribution in [1.29, 1.82) is 5.26 Å². The van der Waals surface area contributed by atoms with Crippen molar-refractivity contribution in [2.45, 2.75) is 31.9 Å². The Morgan fingerprint density at radius 3 is 2.72 bits per heavy atom. The van der Waals surface area contributed by atoms with Gasteiger partial charge in [-0.15, -0.1) is 0 Å². The molecule has 2 N–H and O–H groups in total. The summed E-state index contributed by atoms with van der Waals surface area (Å²) in [7, 11) is 0. The highest BCUT2D eigenvalue weighted by atomic mass is 16.4. The van der Waals surface area contributed by atoms with Crippen LogP contribution in [0.4, 0.5) is 4.79 Å². The molecular weight excluding hydrogens is 238 g/mol. The summed E-state index contributed by atoms with van der Waals surface area (Å²) in [6.45, 7) is 2.46. The van der Waals surface area contributed by atoms with Crippen molar-refractivity contribution in [3.05, 3.63) is 0 Å². The van der Waals surface area contributed by atoms with Gasteiger partial charge in [0, 0.05) is 26.1 Å². The number of hydrogen-bond donors (Lipinski definition) is 2. The molecule has 1 saturated heterocycles. The second kappa shape index (κ2) is 6.21. The number of amides is 2. The zero-order valence-corrected chi connectivity index (χ0v) is 10.2. The monoisotopic (exact) mass is 255 g/mol. The Morgan fingerprint density at radius 1 is 1.56 bits per heavy atom. The van der Waals surface area contributed by atoms with Crippen LogP contribution in [0.15, 0.2) is 0 Å². The molecule has 1 aliphatic rings. The third-order valence-electron chi connectivity index (χ3n) is 2.96. The quantitative estimate of drug-likeness (QED) is 0.727. The van der Waals surface area contributed by atoms with Gasteiger partial charge in [-0.2, -0.15) is 5.26 Å². The molecule has 7 nitrogen and oxygen atoms in total. The second-order valence-corrected chi connectivity index (χ2v) is 4.17. The molecule has 0 aromatic rings. The van der Waals surface area contributed by atoms with Gasteiger partial charge < -0.3 is 20.0 Å². The molecule has 0 bridgehead atoms. The molecule has 0 spiro atoms. The van der Waals surface area contributed by atoms with Crippen LogP contribution in [-0.2, 0) is 4.79 Å². The molecule has 1 rings (SSSR count). The Bertz CT molecular complexity index is 366. The predicted molar refractivity (Wildman–Crippen MR) is 61.6 cm³/mol. The van der Waals surface area contributed by atoms with Crippen molar-refractivity contribution in [2.75, 3.05) is 19.6 Å². The van der Waals surface area contributed by atoms with Crippen LogP contribution >= 0.6 is 0 Å². The van der Waals surface area contributed by atoms with E-state index < -0.39 is 24.1 Å². The van der Waals surface area contributed by atoms with Gasteiger partial charge in [0.05, 0.1) is 18.6 Å². The molecule has 18 heavy (non-hydrogen) atoms. The SMILES string of the molecule is CCN(CCC#N)C(=O)N1CC(O)C[C@H]1C(=O)O. The molecule has 1 unspecified atom stereocenters. The van der Waals surface area contributed by atoms with E-state index in [-0.39, 0.29) is 25.9 Å². The number of aliphatic hydroxyl groups excluding tert-OH is 1. The Kier molecular flexibility index (Phi) is 4.92. The van der Waals surface area contributed by atoms with Crippen LogP contribution in [0.25, 0.3) is 0 Å². The maximum Gasteiger partial charge on any atom is 0.326 e. The Balaban J connectivity index is 2.74. The van der Waals surface area contributed by atoms with E-state index in [1.54, 1.807) is 6.92 Å². The van der Waals surface area contributed by atoms with Gasteiger partial charge in [0.15, 0.2) is 0 Å². The Hall–Kier alpha value is -1.81. The van der Waals surface area contributed by atoms with E-state index >= 15 is 0 Å². The minimum absolute atomic E-state index is 0.0266. The molecule has 0 radical (unpaired) electrons. The molecule has 2 amide bonds. The lowest BCUT2D eigenvalue weighted by molar-refractivity contribution is -0.141. The smallest absolute Gasteiger partial charge is 0.326 e. The number of hydrogen-bond acceptors (Lipinski definition) is 4. The first-order chi connectivity index (χ1) is 8.51. The fraction of sp³-hybridized carbons (Fsp3) is 0.727. The molecule has 0 aromatic heterocycles. The lowest BCUT2D eigenvalue weighted by Gasteiger charge is -2.28. The zero-order valence-electron chi connectivity index (χ0n) is 10.2. The lowest BCUT2D eigenvalue weighted by Crippen LogP contribution is -2.48. The number of carboxylic acids is 1. The van der Waals surface area contributed by atoms with Crippen molar-refractivity contribution < 1.29 is 19.8 Å². The van der Waals surface area contributed by atoms with Crippen LogP contribution in [0.2, 0.25) is 0 Å². The molecule has 0 aliphatic carbocycles. The van der Waals surface area contributed by atoms with Crippen molar-refractivity contribution in [3.63, 3.8) is 0 Å². The van der Waals surface area contributed by atoms with Crippen molar-refractivity contribution in [3.8, 4) is 6.07 Å². The summed E-state index contributed by atoms with van der Waals surface area (Å²) in [6, 6.07) is 0.526. The number of urea groups is 1. The van der Waals surface area contributed by atoms with Gasteiger partial charge in [0.1, 0.15) is 6.04 Å². The molecule has 0 aromatic carbocycles. The topological polar surface area (TPSA) is 105 Å². The first-order valence-corrected chi connectivity index (χ1v) is 5.84. The van der Waals surface area contributed by atoms with E-state index in [4.69, 9.17) is 10.4 Å². The van der Waals surface area contributed by atoms with Gasteiger partial charge in [-0.25, -0.2) is 9.59 Å². The third-order valence-corrected chi connectivity index (χ3v) is 2.96. The first kappa shape index (κ1) is 14.3. The van der Waals surface area contributed by atoms with Crippen LogP contribution in [0, 0.1) is 11.3 Å². The van der Waals surface area contributed by atoms with Crippen LogP contribution in [0.1, 0.15) is 19.8 Å². The summed E-state index contributed by atoms with van der Waals surface area (Å²) in [5.74, 6) is -1.11. The summed E-state index contributed by atoms with van der Waals surface area (Å²) in [4.78, 5) is 25.7. The van der Waals surface area contributed by atoms with Gasteiger partial charge in [0.2, 0.25) is 0 Å². The summed E-state index contributed by atoms with van der Waals surface area (Å²) in [5, 5.41) is 27.0. The van der Waals surface area contributed by atoms with Crippen molar-refractivity contribution in [1.82, 2.24) is 9.80 Å². The zero-order chi connectivity index (χ0) is 13.7. The molecule has 1 fully saturated rings. The highest BCUT2D eigenvalue weighted by Gasteiger charge is 2.40. The molecule has 100 valence electrons. The van der Waals surface area contributed by atoms with E-state index in [2.05, 4.69) is 0 Å². The predicted octanol–water partition coefficient (Wildman–Crippen LogP) is -0.138. The van der Waals surface area contributed by atoms with Crippen molar-refractivity contribution in [2.24, 2.45) is 0 Å². The number of rotatable bonds is 4. The molecular formula is C11H17N3O4. The third kappa shape index (κ3) is 3.11. The standard InChI is InChI=1S/C11H17N3O4/c1-2-13(5-3-4-12)11(18)14-7-8(15)6-9(14)10(16)17/h8-9,15H,2-3,5-7H2,1H3,(H,16,17)/t8?,9-/m0/s1. The number of carbonyl (C=O) groups excluding carboxylic acids is 1. The van der Waals surface area contributed by atoms with E-state index in [1.165, 1.54) is 4.90 Å². The minimum Gasteiger partial charge on any atom is -0.480 e.